The number of alkyl halides is 1. The molecule has 0 saturated carbocycles. The van der Waals surface area contributed by atoms with E-state index in [1.54, 1.807) is 24.7 Å². The van der Waals surface area contributed by atoms with Gasteiger partial charge >= 0.3 is 0 Å². The van der Waals surface area contributed by atoms with Gasteiger partial charge in [-0.1, -0.05) is 26.0 Å². The second kappa shape index (κ2) is 7.07. The molecule has 17 heavy (non-hydrogen) atoms. The maximum absolute atomic E-state index is 12.7. The lowest BCUT2D eigenvalue weighted by atomic mass is 10.2. The maximum atomic E-state index is 12.7. The summed E-state index contributed by atoms with van der Waals surface area (Å²) in [6.45, 7) is 4.67. The Bertz CT molecular complexity index is 437. The largest absolute Gasteiger partial charge is 0.329 e. The number of benzene rings is 1. The minimum atomic E-state index is -0.220. The van der Waals surface area contributed by atoms with Crippen LogP contribution < -0.4 is 0 Å². The van der Waals surface area contributed by atoms with Gasteiger partial charge in [0.15, 0.2) is 0 Å². The van der Waals surface area contributed by atoms with E-state index in [1.165, 1.54) is 12.1 Å². The standard InChI is InChI=1S/C11H10ClFN2.C2H6/c12-5-11-6-14-8-15(11)7-9-1-3-10(13)4-2-9;1-2/h1-4,6,8H,5,7H2;1-2H3. The average molecular weight is 255 g/mol. The predicted octanol–water partition coefficient (Wildman–Crippen LogP) is 3.84. The van der Waals surface area contributed by atoms with Gasteiger partial charge < -0.3 is 4.57 Å². The zero-order valence-electron chi connectivity index (χ0n) is 10.0. The summed E-state index contributed by atoms with van der Waals surface area (Å²) in [5.41, 5.74) is 1.99. The van der Waals surface area contributed by atoms with E-state index < -0.39 is 0 Å². The quantitative estimate of drug-likeness (QED) is 0.761. The summed E-state index contributed by atoms with van der Waals surface area (Å²) in [6.07, 6.45) is 3.46. The minimum Gasteiger partial charge on any atom is -0.329 e. The molecule has 1 heterocycles. The average Bonchev–Trinajstić information content (AvgIpc) is 2.82. The van der Waals surface area contributed by atoms with Crippen LogP contribution in [0.5, 0.6) is 0 Å². The lowest BCUT2D eigenvalue weighted by Gasteiger charge is -2.05. The van der Waals surface area contributed by atoms with Crippen LogP contribution in [-0.2, 0) is 12.4 Å². The highest BCUT2D eigenvalue weighted by atomic mass is 35.5. The first-order valence-corrected chi connectivity index (χ1v) is 6.12. The van der Waals surface area contributed by atoms with Crippen molar-refractivity contribution < 1.29 is 4.39 Å². The lowest BCUT2D eigenvalue weighted by molar-refractivity contribution is 0.626. The summed E-state index contributed by atoms with van der Waals surface area (Å²) in [4.78, 5) is 4.01. The summed E-state index contributed by atoms with van der Waals surface area (Å²) in [5, 5.41) is 0. The van der Waals surface area contributed by atoms with Crippen molar-refractivity contribution in [1.29, 1.82) is 0 Å². The molecule has 2 nitrogen and oxygen atoms in total. The molecule has 0 aliphatic carbocycles. The molecule has 0 N–H and O–H groups in total. The summed E-state index contributed by atoms with van der Waals surface area (Å²) in [5.74, 6) is 0.211. The van der Waals surface area contributed by atoms with Crippen molar-refractivity contribution in [3.8, 4) is 0 Å². The van der Waals surface area contributed by atoms with Crippen molar-refractivity contribution in [2.24, 2.45) is 0 Å². The molecule has 2 aromatic rings. The maximum Gasteiger partial charge on any atom is 0.123 e. The normalized spacial score (nSPS) is 9.65. The Morgan fingerprint density at radius 1 is 1.24 bits per heavy atom. The lowest BCUT2D eigenvalue weighted by Crippen LogP contribution is -2.01. The highest BCUT2D eigenvalue weighted by Crippen LogP contribution is 2.09. The Morgan fingerprint density at radius 3 is 2.47 bits per heavy atom. The molecule has 0 saturated heterocycles. The molecule has 0 unspecified atom stereocenters. The molecule has 0 amide bonds. The smallest absolute Gasteiger partial charge is 0.123 e. The summed E-state index contributed by atoms with van der Waals surface area (Å²) in [6, 6.07) is 6.42. The van der Waals surface area contributed by atoms with Crippen molar-refractivity contribution in [1.82, 2.24) is 9.55 Å². The van der Waals surface area contributed by atoms with Crippen LogP contribution in [0.3, 0.4) is 0 Å². The summed E-state index contributed by atoms with van der Waals surface area (Å²) < 4.78 is 14.6. The number of hydrogen-bond acceptors (Lipinski definition) is 1. The molecule has 0 fully saturated rings. The van der Waals surface area contributed by atoms with Crippen molar-refractivity contribution in [3.05, 3.63) is 53.9 Å². The summed E-state index contributed by atoms with van der Waals surface area (Å²) in [7, 11) is 0. The van der Waals surface area contributed by atoms with Crippen LogP contribution in [0.15, 0.2) is 36.8 Å². The van der Waals surface area contributed by atoms with Crippen LogP contribution in [0, 0.1) is 5.82 Å². The number of halogens is 2. The predicted molar refractivity (Wildman–Crippen MR) is 68.6 cm³/mol. The van der Waals surface area contributed by atoms with Gasteiger partial charge in [-0.2, -0.15) is 0 Å². The van der Waals surface area contributed by atoms with Crippen LogP contribution in [-0.4, -0.2) is 9.55 Å². The van der Waals surface area contributed by atoms with Crippen molar-refractivity contribution in [2.75, 3.05) is 0 Å². The van der Waals surface area contributed by atoms with Gasteiger partial charge in [-0.15, -0.1) is 11.6 Å². The fourth-order valence-electron chi connectivity index (χ4n) is 1.39. The number of imidazole rings is 1. The Kier molecular flexibility index (Phi) is 5.70. The Labute approximate surface area is 106 Å². The van der Waals surface area contributed by atoms with Gasteiger partial charge in [-0.05, 0) is 17.7 Å². The van der Waals surface area contributed by atoms with E-state index in [0.717, 1.165) is 11.3 Å². The second-order valence-electron chi connectivity index (χ2n) is 3.27. The van der Waals surface area contributed by atoms with Crippen LogP contribution in [0.1, 0.15) is 25.1 Å². The van der Waals surface area contributed by atoms with E-state index in [2.05, 4.69) is 4.98 Å². The molecule has 2 rings (SSSR count). The van der Waals surface area contributed by atoms with E-state index in [0.29, 0.717) is 12.4 Å². The van der Waals surface area contributed by atoms with Gasteiger partial charge in [0.05, 0.1) is 17.9 Å². The second-order valence-corrected chi connectivity index (χ2v) is 3.54. The van der Waals surface area contributed by atoms with Crippen LogP contribution in [0.4, 0.5) is 4.39 Å². The Morgan fingerprint density at radius 2 is 1.88 bits per heavy atom. The fraction of sp³-hybridized carbons (Fsp3) is 0.308. The zero-order chi connectivity index (χ0) is 12.7. The Balaban J connectivity index is 0.000000686. The molecule has 0 bridgehead atoms. The van der Waals surface area contributed by atoms with E-state index >= 15 is 0 Å². The van der Waals surface area contributed by atoms with Gasteiger partial charge in [-0.25, -0.2) is 9.37 Å². The fourth-order valence-corrected chi connectivity index (χ4v) is 1.61. The van der Waals surface area contributed by atoms with Gasteiger partial charge in [0.25, 0.3) is 0 Å². The van der Waals surface area contributed by atoms with E-state index in [1.807, 2.05) is 18.4 Å². The van der Waals surface area contributed by atoms with Crippen molar-refractivity contribution >= 4 is 11.6 Å². The molecule has 0 atom stereocenters. The highest BCUT2D eigenvalue weighted by molar-refractivity contribution is 6.16. The molecule has 0 aliphatic rings. The first kappa shape index (κ1) is 13.7. The van der Waals surface area contributed by atoms with Crippen LogP contribution >= 0.6 is 11.6 Å². The van der Waals surface area contributed by atoms with Gasteiger partial charge in [-0.3, -0.25) is 0 Å². The van der Waals surface area contributed by atoms with Crippen LogP contribution in [0.2, 0.25) is 0 Å². The third-order valence-corrected chi connectivity index (χ3v) is 2.48. The monoisotopic (exact) mass is 254 g/mol. The van der Waals surface area contributed by atoms with Crippen LogP contribution in [0.25, 0.3) is 0 Å². The third kappa shape index (κ3) is 3.86. The SMILES string of the molecule is CC.Fc1ccc(Cn2cncc2CCl)cc1. The Hall–Kier alpha value is -1.35. The van der Waals surface area contributed by atoms with Crippen molar-refractivity contribution in [3.63, 3.8) is 0 Å². The number of hydrogen-bond donors (Lipinski definition) is 0. The number of rotatable bonds is 3. The molecule has 4 heteroatoms. The number of aromatic nitrogens is 2. The molecule has 92 valence electrons. The third-order valence-electron chi connectivity index (χ3n) is 2.20. The van der Waals surface area contributed by atoms with E-state index in [4.69, 9.17) is 11.6 Å². The molecule has 0 aliphatic heterocycles. The minimum absolute atomic E-state index is 0.220. The molecule has 0 radical (unpaired) electrons. The van der Waals surface area contributed by atoms with Gasteiger partial charge in [0.1, 0.15) is 5.82 Å². The van der Waals surface area contributed by atoms with E-state index in [-0.39, 0.29) is 5.82 Å². The molecule has 0 spiro atoms. The number of nitrogens with zero attached hydrogens (tertiary/aromatic N) is 2. The molecular weight excluding hydrogens is 239 g/mol. The zero-order valence-corrected chi connectivity index (χ0v) is 10.8. The first-order chi connectivity index (χ1) is 8.29. The molecular formula is C13H16ClFN2. The molecule has 1 aromatic heterocycles. The van der Waals surface area contributed by atoms with E-state index in [9.17, 15) is 4.39 Å². The van der Waals surface area contributed by atoms with Gasteiger partial charge in [0, 0.05) is 12.7 Å². The highest BCUT2D eigenvalue weighted by Gasteiger charge is 2.01. The van der Waals surface area contributed by atoms with Gasteiger partial charge in [0.2, 0.25) is 0 Å². The topological polar surface area (TPSA) is 17.8 Å². The first-order valence-electron chi connectivity index (χ1n) is 5.59. The van der Waals surface area contributed by atoms with Crippen molar-refractivity contribution in [2.45, 2.75) is 26.3 Å². The molecule has 1 aromatic carbocycles. The summed E-state index contributed by atoms with van der Waals surface area (Å²) >= 11 is 5.74.